The Morgan fingerprint density at radius 3 is 2.62 bits per heavy atom. The predicted octanol–water partition coefficient (Wildman–Crippen LogP) is 2.98. The standard InChI is InChI=1S/C15H16ClF3N2O2S/c16-5-12(22)20-11-7-21(6-10(11)15(17,18)19)14(23)13-9(3-4-24-13)8-1-2-8/h3-4,8,10-11H,1-2,5-7H2,(H,20,22)/t10-,11-/m1/s1. The van der Waals surface area contributed by atoms with Crippen molar-refractivity contribution in [2.24, 2.45) is 5.92 Å². The van der Waals surface area contributed by atoms with E-state index in [-0.39, 0.29) is 12.5 Å². The summed E-state index contributed by atoms with van der Waals surface area (Å²) in [5.41, 5.74) is 0.932. The molecule has 132 valence electrons. The van der Waals surface area contributed by atoms with E-state index in [4.69, 9.17) is 11.6 Å². The number of rotatable bonds is 4. The maximum atomic E-state index is 13.2. The number of hydrogen-bond acceptors (Lipinski definition) is 3. The van der Waals surface area contributed by atoms with E-state index in [0.717, 1.165) is 18.4 Å². The van der Waals surface area contributed by atoms with Crippen LogP contribution in [0.5, 0.6) is 0 Å². The maximum Gasteiger partial charge on any atom is 0.395 e. The minimum atomic E-state index is -4.49. The van der Waals surface area contributed by atoms with Crippen molar-refractivity contribution in [2.45, 2.75) is 31.0 Å². The molecule has 1 aliphatic carbocycles. The van der Waals surface area contributed by atoms with Crippen LogP contribution in [0.25, 0.3) is 0 Å². The van der Waals surface area contributed by atoms with E-state index >= 15 is 0 Å². The SMILES string of the molecule is O=C(CCl)N[C@@H]1CN(C(=O)c2sccc2C2CC2)C[C@H]1C(F)(F)F. The minimum absolute atomic E-state index is 0.159. The molecule has 0 spiro atoms. The fourth-order valence-electron chi connectivity index (χ4n) is 3.05. The zero-order valence-electron chi connectivity index (χ0n) is 12.6. The summed E-state index contributed by atoms with van der Waals surface area (Å²) < 4.78 is 39.7. The van der Waals surface area contributed by atoms with E-state index in [2.05, 4.69) is 5.32 Å². The molecule has 0 bridgehead atoms. The van der Waals surface area contributed by atoms with Crippen LogP contribution in [0.2, 0.25) is 0 Å². The third-order valence-corrected chi connectivity index (χ3v) is 5.56. The van der Waals surface area contributed by atoms with Gasteiger partial charge in [-0.3, -0.25) is 9.59 Å². The summed E-state index contributed by atoms with van der Waals surface area (Å²) in [6, 6.07) is 0.712. The van der Waals surface area contributed by atoms with Gasteiger partial charge in [0.05, 0.1) is 16.8 Å². The zero-order valence-corrected chi connectivity index (χ0v) is 14.2. The number of amides is 2. The molecule has 1 saturated carbocycles. The molecule has 0 aromatic carbocycles. The summed E-state index contributed by atoms with van der Waals surface area (Å²) in [7, 11) is 0. The summed E-state index contributed by atoms with van der Waals surface area (Å²) in [6.45, 7) is -0.606. The number of nitrogens with zero attached hydrogens (tertiary/aromatic N) is 1. The van der Waals surface area contributed by atoms with Gasteiger partial charge in [0.15, 0.2) is 0 Å². The summed E-state index contributed by atoms with van der Waals surface area (Å²) in [6.07, 6.45) is -2.47. The van der Waals surface area contributed by atoms with Crippen LogP contribution in [-0.4, -0.2) is 47.9 Å². The molecule has 2 aliphatic rings. The first kappa shape index (κ1) is 17.5. The van der Waals surface area contributed by atoms with Gasteiger partial charge < -0.3 is 10.2 Å². The molecule has 0 radical (unpaired) electrons. The Hall–Kier alpha value is -1.28. The quantitative estimate of drug-likeness (QED) is 0.816. The molecule has 2 atom stereocenters. The van der Waals surface area contributed by atoms with Gasteiger partial charge in [0, 0.05) is 13.1 Å². The number of alkyl halides is 4. The number of halogens is 4. The molecule has 2 amide bonds. The molecule has 2 heterocycles. The Morgan fingerprint density at radius 2 is 2.04 bits per heavy atom. The van der Waals surface area contributed by atoms with Gasteiger partial charge in [-0.25, -0.2) is 0 Å². The van der Waals surface area contributed by atoms with Gasteiger partial charge >= 0.3 is 6.18 Å². The van der Waals surface area contributed by atoms with Crippen LogP contribution in [-0.2, 0) is 4.79 Å². The highest BCUT2D eigenvalue weighted by Gasteiger charge is 2.51. The number of carbonyl (C=O) groups excluding carboxylic acids is 2. The molecule has 1 aromatic heterocycles. The number of hydrogen-bond donors (Lipinski definition) is 1. The van der Waals surface area contributed by atoms with Crippen LogP contribution in [0.1, 0.15) is 34.0 Å². The van der Waals surface area contributed by atoms with Gasteiger partial charge in [0.2, 0.25) is 5.91 Å². The average molecular weight is 381 g/mol. The number of nitrogens with one attached hydrogen (secondary N) is 1. The second kappa shape index (κ2) is 6.55. The summed E-state index contributed by atoms with van der Waals surface area (Å²) >= 11 is 6.62. The van der Waals surface area contributed by atoms with Crippen LogP contribution in [0, 0.1) is 5.92 Å². The number of thiophene rings is 1. The molecule has 1 saturated heterocycles. The highest BCUT2D eigenvalue weighted by atomic mass is 35.5. The average Bonchev–Trinajstić information content (AvgIpc) is 3.09. The summed E-state index contributed by atoms with van der Waals surface area (Å²) in [5, 5.41) is 4.08. The lowest BCUT2D eigenvalue weighted by molar-refractivity contribution is -0.175. The Morgan fingerprint density at radius 1 is 1.33 bits per heavy atom. The Labute approximate surface area is 146 Å². The van der Waals surface area contributed by atoms with Crippen molar-refractivity contribution in [2.75, 3.05) is 19.0 Å². The molecule has 0 unspecified atom stereocenters. The highest BCUT2D eigenvalue weighted by Crippen LogP contribution is 2.44. The fraction of sp³-hybridized carbons (Fsp3) is 0.600. The summed E-state index contributed by atoms with van der Waals surface area (Å²) in [4.78, 5) is 25.8. The molecule has 9 heteroatoms. The lowest BCUT2D eigenvalue weighted by Crippen LogP contribution is -2.45. The second-order valence-electron chi connectivity index (χ2n) is 6.15. The molecule has 24 heavy (non-hydrogen) atoms. The fourth-order valence-corrected chi connectivity index (χ4v) is 4.07. The monoisotopic (exact) mass is 380 g/mol. The first-order chi connectivity index (χ1) is 11.3. The Balaban J connectivity index is 1.77. The molecule has 1 aromatic rings. The predicted molar refractivity (Wildman–Crippen MR) is 84.4 cm³/mol. The smallest absolute Gasteiger partial charge is 0.350 e. The van der Waals surface area contributed by atoms with Crippen LogP contribution in [0.4, 0.5) is 13.2 Å². The first-order valence-corrected chi connectivity index (χ1v) is 9.01. The van der Waals surface area contributed by atoms with Crippen molar-refractivity contribution in [3.05, 3.63) is 21.9 Å². The van der Waals surface area contributed by atoms with Crippen molar-refractivity contribution >= 4 is 34.8 Å². The third kappa shape index (κ3) is 3.54. The highest BCUT2D eigenvalue weighted by molar-refractivity contribution is 7.12. The maximum absolute atomic E-state index is 13.2. The van der Waals surface area contributed by atoms with Gasteiger partial charge in [0.25, 0.3) is 5.91 Å². The molecule has 2 fully saturated rings. The normalized spacial score (nSPS) is 24.2. The Kier molecular flexibility index (Phi) is 4.79. The zero-order chi connectivity index (χ0) is 17.5. The van der Waals surface area contributed by atoms with Crippen molar-refractivity contribution in [3.8, 4) is 0 Å². The van der Waals surface area contributed by atoms with Crippen molar-refractivity contribution in [1.82, 2.24) is 10.2 Å². The minimum Gasteiger partial charge on any atom is -0.350 e. The van der Waals surface area contributed by atoms with Crippen molar-refractivity contribution < 1.29 is 22.8 Å². The van der Waals surface area contributed by atoms with E-state index in [9.17, 15) is 22.8 Å². The van der Waals surface area contributed by atoms with E-state index in [1.54, 1.807) is 5.38 Å². The van der Waals surface area contributed by atoms with Crippen LogP contribution in [0.3, 0.4) is 0 Å². The largest absolute Gasteiger partial charge is 0.395 e. The van der Waals surface area contributed by atoms with E-state index < -0.39 is 36.5 Å². The lowest BCUT2D eigenvalue weighted by atomic mass is 10.0. The van der Waals surface area contributed by atoms with Gasteiger partial charge in [-0.2, -0.15) is 13.2 Å². The van der Waals surface area contributed by atoms with Gasteiger partial charge in [-0.05, 0) is 35.8 Å². The first-order valence-electron chi connectivity index (χ1n) is 7.60. The van der Waals surface area contributed by atoms with Gasteiger partial charge in [-0.15, -0.1) is 22.9 Å². The van der Waals surface area contributed by atoms with E-state index in [0.29, 0.717) is 10.8 Å². The Bertz CT molecular complexity index is 645. The van der Waals surface area contributed by atoms with Gasteiger partial charge in [-0.1, -0.05) is 0 Å². The van der Waals surface area contributed by atoms with Crippen molar-refractivity contribution in [3.63, 3.8) is 0 Å². The third-order valence-electron chi connectivity index (χ3n) is 4.40. The molecular formula is C15H16ClF3N2O2S. The topological polar surface area (TPSA) is 49.4 Å². The summed E-state index contributed by atoms with van der Waals surface area (Å²) in [5.74, 6) is -2.89. The molecule has 1 N–H and O–H groups in total. The van der Waals surface area contributed by atoms with Crippen LogP contribution in [0.15, 0.2) is 11.4 Å². The number of likely N-dealkylation sites (tertiary alicyclic amines) is 1. The molecular weight excluding hydrogens is 365 g/mol. The van der Waals surface area contributed by atoms with Gasteiger partial charge in [0.1, 0.15) is 5.88 Å². The van der Waals surface area contributed by atoms with E-state index in [1.165, 1.54) is 16.2 Å². The van der Waals surface area contributed by atoms with Crippen LogP contribution < -0.4 is 5.32 Å². The second-order valence-corrected chi connectivity index (χ2v) is 7.33. The molecule has 1 aliphatic heterocycles. The van der Waals surface area contributed by atoms with E-state index in [1.807, 2.05) is 6.07 Å². The lowest BCUT2D eigenvalue weighted by Gasteiger charge is -2.21. The van der Waals surface area contributed by atoms with Crippen LogP contribution >= 0.6 is 22.9 Å². The molecule has 4 nitrogen and oxygen atoms in total. The number of carbonyl (C=O) groups is 2. The molecule has 3 rings (SSSR count). The van der Waals surface area contributed by atoms with Crippen molar-refractivity contribution in [1.29, 1.82) is 0 Å².